The highest BCUT2D eigenvalue weighted by atomic mass is 16.6. The highest BCUT2D eigenvalue weighted by molar-refractivity contribution is 5.76. The number of nitro benzene ring substituents is 1. The van der Waals surface area contributed by atoms with Gasteiger partial charge in [-0.1, -0.05) is 24.3 Å². The smallest absolute Gasteiger partial charge is 0.340 e. The van der Waals surface area contributed by atoms with Crippen LogP contribution in [0.2, 0.25) is 0 Å². The van der Waals surface area contributed by atoms with E-state index in [4.69, 9.17) is 0 Å². The van der Waals surface area contributed by atoms with Crippen molar-refractivity contribution in [3.8, 4) is 11.4 Å². The minimum atomic E-state index is -0.522. The standard InChI is InChI=1S/C14H9N3O3/c18-16-12-7-3-1-5-10(12)9-15-14(16)11-6-2-4-8-13(11)17(19)20/h1-9H. The molecule has 0 atom stereocenters. The lowest BCUT2D eigenvalue weighted by atomic mass is 10.1. The normalized spacial score (nSPS) is 10.6. The van der Waals surface area contributed by atoms with E-state index in [0.717, 1.165) is 0 Å². The van der Waals surface area contributed by atoms with E-state index in [1.54, 1.807) is 36.4 Å². The largest absolute Gasteiger partial charge is 0.710 e. The third-order valence-electron chi connectivity index (χ3n) is 3.02. The summed E-state index contributed by atoms with van der Waals surface area (Å²) in [4.78, 5) is 14.6. The third kappa shape index (κ3) is 1.83. The highest BCUT2D eigenvalue weighted by Crippen LogP contribution is 2.26. The van der Waals surface area contributed by atoms with Crippen molar-refractivity contribution >= 4 is 16.6 Å². The van der Waals surface area contributed by atoms with E-state index in [1.807, 2.05) is 0 Å². The van der Waals surface area contributed by atoms with Crippen molar-refractivity contribution in [1.29, 1.82) is 0 Å². The highest BCUT2D eigenvalue weighted by Gasteiger charge is 2.23. The van der Waals surface area contributed by atoms with Crippen molar-refractivity contribution < 1.29 is 9.65 Å². The van der Waals surface area contributed by atoms with Gasteiger partial charge in [0.25, 0.3) is 5.69 Å². The van der Waals surface area contributed by atoms with Crippen LogP contribution in [0, 0.1) is 15.3 Å². The topological polar surface area (TPSA) is 83.0 Å². The monoisotopic (exact) mass is 267 g/mol. The molecule has 0 fully saturated rings. The summed E-state index contributed by atoms with van der Waals surface area (Å²) >= 11 is 0. The Morgan fingerprint density at radius 3 is 2.55 bits per heavy atom. The van der Waals surface area contributed by atoms with Crippen LogP contribution in [0.25, 0.3) is 22.3 Å². The number of hydrogen-bond donors (Lipinski definition) is 0. The lowest BCUT2D eigenvalue weighted by Crippen LogP contribution is -2.31. The van der Waals surface area contributed by atoms with Crippen molar-refractivity contribution in [2.75, 3.05) is 0 Å². The minimum absolute atomic E-state index is 0.0241. The van der Waals surface area contributed by atoms with Gasteiger partial charge >= 0.3 is 5.82 Å². The predicted octanol–water partition coefficient (Wildman–Crippen LogP) is 2.44. The van der Waals surface area contributed by atoms with Gasteiger partial charge < -0.3 is 5.21 Å². The molecule has 0 spiro atoms. The molecule has 0 aliphatic heterocycles. The second kappa shape index (κ2) is 4.58. The van der Waals surface area contributed by atoms with Gasteiger partial charge in [0.1, 0.15) is 11.1 Å². The maximum Gasteiger partial charge on any atom is 0.340 e. The van der Waals surface area contributed by atoms with Crippen molar-refractivity contribution in [2.45, 2.75) is 0 Å². The summed E-state index contributed by atoms with van der Waals surface area (Å²) in [7, 11) is 0. The van der Waals surface area contributed by atoms with Gasteiger partial charge in [-0.15, -0.1) is 0 Å². The Balaban J connectivity index is 2.31. The molecule has 98 valence electrons. The van der Waals surface area contributed by atoms with E-state index in [1.165, 1.54) is 18.3 Å². The average molecular weight is 267 g/mol. The zero-order valence-electron chi connectivity index (χ0n) is 10.3. The zero-order valence-corrected chi connectivity index (χ0v) is 10.3. The maximum absolute atomic E-state index is 12.3. The molecular weight excluding hydrogens is 258 g/mol. The number of benzene rings is 2. The number of nitrogens with zero attached hydrogens (tertiary/aromatic N) is 3. The van der Waals surface area contributed by atoms with Gasteiger partial charge in [-0.05, 0) is 23.2 Å². The Morgan fingerprint density at radius 2 is 1.75 bits per heavy atom. The fourth-order valence-corrected chi connectivity index (χ4v) is 2.08. The Morgan fingerprint density at radius 1 is 1.05 bits per heavy atom. The summed E-state index contributed by atoms with van der Waals surface area (Å²) in [6.45, 7) is 0. The molecule has 6 heteroatoms. The van der Waals surface area contributed by atoms with E-state index in [-0.39, 0.29) is 17.1 Å². The van der Waals surface area contributed by atoms with E-state index < -0.39 is 4.92 Å². The molecule has 3 aromatic rings. The van der Waals surface area contributed by atoms with Gasteiger partial charge in [-0.3, -0.25) is 10.1 Å². The number of fused-ring (bicyclic) bond motifs is 1. The van der Waals surface area contributed by atoms with Crippen molar-refractivity contribution in [3.63, 3.8) is 0 Å². The van der Waals surface area contributed by atoms with Gasteiger partial charge in [-0.25, -0.2) is 4.73 Å². The molecule has 0 bridgehead atoms. The van der Waals surface area contributed by atoms with E-state index in [9.17, 15) is 15.3 Å². The zero-order chi connectivity index (χ0) is 14.1. The number of nitro groups is 1. The molecule has 20 heavy (non-hydrogen) atoms. The van der Waals surface area contributed by atoms with Crippen LogP contribution in [-0.2, 0) is 0 Å². The van der Waals surface area contributed by atoms with Crippen molar-refractivity contribution in [3.05, 3.63) is 70.0 Å². The molecular formula is C14H9N3O3. The summed E-state index contributed by atoms with van der Waals surface area (Å²) in [5, 5.41) is 24.1. The van der Waals surface area contributed by atoms with Gasteiger partial charge in [0, 0.05) is 6.07 Å². The quantitative estimate of drug-likeness (QED) is 0.309. The molecule has 6 nitrogen and oxygen atoms in total. The second-order valence-corrected chi connectivity index (χ2v) is 4.21. The van der Waals surface area contributed by atoms with Gasteiger partial charge in [0.2, 0.25) is 0 Å². The van der Waals surface area contributed by atoms with Gasteiger partial charge in [-0.2, -0.15) is 0 Å². The second-order valence-electron chi connectivity index (χ2n) is 4.21. The number of rotatable bonds is 2. The molecule has 0 amide bonds. The number of para-hydroxylation sites is 2. The fraction of sp³-hybridized carbons (Fsp3) is 0. The van der Waals surface area contributed by atoms with Gasteiger partial charge in [0.15, 0.2) is 6.20 Å². The first-order valence-electron chi connectivity index (χ1n) is 5.89. The summed E-state index contributed by atoms with van der Waals surface area (Å²) < 4.78 is 0.623. The summed E-state index contributed by atoms with van der Waals surface area (Å²) in [5.74, 6) is 0.0241. The van der Waals surface area contributed by atoms with Crippen molar-refractivity contribution in [2.24, 2.45) is 0 Å². The summed E-state index contributed by atoms with van der Waals surface area (Å²) in [5.41, 5.74) is 0.494. The van der Waals surface area contributed by atoms with E-state index in [0.29, 0.717) is 15.6 Å². The first-order valence-corrected chi connectivity index (χ1v) is 5.89. The van der Waals surface area contributed by atoms with E-state index >= 15 is 0 Å². The minimum Gasteiger partial charge on any atom is -0.710 e. The Hall–Kier alpha value is -3.02. The van der Waals surface area contributed by atoms with Crippen molar-refractivity contribution in [1.82, 2.24) is 4.98 Å². The van der Waals surface area contributed by atoms with E-state index in [2.05, 4.69) is 4.98 Å². The molecule has 0 aliphatic rings. The molecule has 0 saturated carbocycles. The Labute approximate surface area is 113 Å². The molecule has 3 rings (SSSR count). The van der Waals surface area contributed by atoms with Crippen LogP contribution in [0.1, 0.15) is 0 Å². The van der Waals surface area contributed by atoms with Crippen LogP contribution in [0.3, 0.4) is 0 Å². The van der Waals surface area contributed by atoms with Crippen LogP contribution >= 0.6 is 0 Å². The SMILES string of the molecule is O=[N+]([O-])c1ccccc1-c1ncc2ccccc2[n+]1[O-]. The Bertz CT molecular complexity index is 818. The Kier molecular flexibility index (Phi) is 2.76. The molecule has 1 heterocycles. The molecule has 2 aromatic carbocycles. The van der Waals surface area contributed by atoms with Gasteiger partial charge in [0.05, 0.1) is 10.3 Å². The fourth-order valence-electron chi connectivity index (χ4n) is 2.08. The summed E-state index contributed by atoms with van der Waals surface area (Å²) in [6, 6.07) is 13.0. The van der Waals surface area contributed by atoms with Crippen LogP contribution in [0.5, 0.6) is 0 Å². The molecule has 0 saturated heterocycles. The molecule has 0 aliphatic carbocycles. The van der Waals surface area contributed by atoms with Crippen LogP contribution in [0.15, 0.2) is 54.7 Å². The third-order valence-corrected chi connectivity index (χ3v) is 3.02. The number of hydrogen-bond acceptors (Lipinski definition) is 4. The maximum atomic E-state index is 12.3. The van der Waals surface area contributed by atoms with Crippen LogP contribution < -0.4 is 4.73 Å². The summed E-state index contributed by atoms with van der Waals surface area (Å²) in [6.07, 6.45) is 1.54. The first-order chi connectivity index (χ1) is 9.68. The first kappa shape index (κ1) is 12.0. The van der Waals surface area contributed by atoms with Crippen LogP contribution in [-0.4, -0.2) is 9.91 Å². The lowest BCUT2D eigenvalue weighted by molar-refractivity contribution is -0.568. The lowest BCUT2D eigenvalue weighted by Gasteiger charge is -2.09. The molecule has 0 unspecified atom stereocenters. The van der Waals surface area contributed by atoms with Crippen LogP contribution in [0.4, 0.5) is 5.69 Å². The predicted molar refractivity (Wildman–Crippen MR) is 72.8 cm³/mol. The number of aromatic nitrogens is 2. The molecule has 0 N–H and O–H groups in total. The molecule has 1 aromatic heterocycles. The molecule has 0 radical (unpaired) electrons. The average Bonchev–Trinajstić information content (AvgIpc) is 2.48.